The zero-order valence-electron chi connectivity index (χ0n) is 13.1. The molecule has 0 fully saturated rings. The van der Waals surface area contributed by atoms with Crippen LogP contribution in [0.5, 0.6) is 5.75 Å². The highest BCUT2D eigenvalue weighted by atomic mass is 79.9. The van der Waals surface area contributed by atoms with Crippen molar-refractivity contribution in [2.45, 2.75) is 26.1 Å². The first-order chi connectivity index (χ1) is 11.1. The fourth-order valence-corrected chi connectivity index (χ4v) is 2.68. The van der Waals surface area contributed by atoms with E-state index in [-0.39, 0.29) is 0 Å². The summed E-state index contributed by atoms with van der Waals surface area (Å²) in [6.07, 6.45) is 0.421. The van der Waals surface area contributed by atoms with Gasteiger partial charge in [0, 0.05) is 21.6 Å². The second kappa shape index (κ2) is 9.28. The molecule has 2 rings (SSSR count). The zero-order valence-corrected chi connectivity index (χ0v) is 15.4. The summed E-state index contributed by atoms with van der Waals surface area (Å²) < 4.78 is 6.81. The third-order valence-corrected chi connectivity index (χ3v) is 4.15. The van der Waals surface area contributed by atoms with E-state index in [9.17, 15) is 5.11 Å². The average molecular weight is 399 g/mol. The molecule has 3 nitrogen and oxygen atoms in total. The van der Waals surface area contributed by atoms with Crippen LogP contribution in [0, 0.1) is 0 Å². The maximum Gasteiger partial charge on any atom is 0.125 e. The largest absolute Gasteiger partial charge is 0.489 e. The second-order valence-corrected chi connectivity index (χ2v) is 6.67. The molecule has 0 saturated heterocycles. The molecule has 0 aliphatic carbocycles. The number of nitrogens with one attached hydrogen (secondary N) is 1. The van der Waals surface area contributed by atoms with Gasteiger partial charge in [-0.25, -0.2) is 0 Å². The normalized spacial score (nSPS) is 12.2. The van der Waals surface area contributed by atoms with Crippen molar-refractivity contribution in [1.29, 1.82) is 0 Å². The zero-order chi connectivity index (χ0) is 16.7. The lowest BCUT2D eigenvalue weighted by Crippen LogP contribution is -2.22. The lowest BCUT2D eigenvalue weighted by molar-refractivity contribution is 0.167. The average Bonchev–Trinajstić information content (AvgIpc) is 2.55. The third-order valence-electron chi connectivity index (χ3n) is 3.40. The molecule has 124 valence electrons. The molecule has 0 aliphatic heterocycles. The Labute approximate surface area is 150 Å². The van der Waals surface area contributed by atoms with Crippen LogP contribution in [0.3, 0.4) is 0 Å². The molecule has 0 saturated carbocycles. The summed E-state index contributed by atoms with van der Waals surface area (Å²) in [6, 6.07) is 13.2. The number of aliphatic hydroxyl groups excluding tert-OH is 1. The molecule has 5 heteroatoms. The van der Waals surface area contributed by atoms with Crippen molar-refractivity contribution in [2.24, 2.45) is 0 Å². The predicted octanol–water partition coefficient (Wildman–Crippen LogP) is 4.71. The SMILES string of the molecule is CCCNCC(O)c1cc(Br)ccc1OCc1ccc(Cl)cc1. The highest BCUT2D eigenvalue weighted by Gasteiger charge is 2.14. The van der Waals surface area contributed by atoms with Crippen LogP contribution < -0.4 is 10.1 Å². The first kappa shape index (κ1) is 18.3. The molecule has 2 N–H and O–H groups in total. The summed E-state index contributed by atoms with van der Waals surface area (Å²) >= 11 is 9.34. The lowest BCUT2D eigenvalue weighted by Gasteiger charge is -2.17. The van der Waals surface area contributed by atoms with Crippen LogP contribution in [-0.2, 0) is 6.61 Å². The minimum atomic E-state index is -0.612. The second-order valence-electron chi connectivity index (χ2n) is 5.32. The first-order valence-corrected chi connectivity index (χ1v) is 8.82. The van der Waals surface area contributed by atoms with Crippen molar-refractivity contribution in [3.05, 3.63) is 63.1 Å². The Kier molecular flexibility index (Phi) is 7.37. The van der Waals surface area contributed by atoms with Gasteiger partial charge in [0.1, 0.15) is 12.4 Å². The van der Waals surface area contributed by atoms with Gasteiger partial charge < -0.3 is 15.2 Å². The van der Waals surface area contributed by atoms with Crippen molar-refractivity contribution in [2.75, 3.05) is 13.1 Å². The molecule has 2 aromatic rings. The maximum atomic E-state index is 10.4. The Balaban J connectivity index is 2.06. The maximum absolute atomic E-state index is 10.4. The topological polar surface area (TPSA) is 41.5 Å². The van der Waals surface area contributed by atoms with Crippen molar-refractivity contribution in [3.63, 3.8) is 0 Å². The van der Waals surface area contributed by atoms with Crippen LogP contribution >= 0.6 is 27.5 Å². The molecule has 0 bridgehead atoms. The molecule has 0 aliphatic rings. The van der Waals surface area contributed by atoms with Gasteiger partial charge in [-0.3, -0.25) is 0 Å². The molecular formula is C18H21BrClNO2. The van der Waals surface area contributed by atoms with Crippen molar-refractivity contribution >= 4 is 27.5 Å². The van der Waals surface area contributed by atoms with E-state index in [1.54, 1.807) is 0 Å². The molecule has 0 aromatic heterocycles. The van der Waals surface area contributed by atoms with Gasteiger partial charge in [-0.2, -0.15) is 0 Å². The molecule has 0 heterocycles. The Morgan fingerprint density at radius 1 is 1.22 bits per heavy atom. The minimum absolute atomic E-state index is 0.431. The van der Waals surface area contributed by atoms with Gasteiger partial charge in [0.2, 0.25) is 0 Å². The summed E-state index contributed by atoms with van der Waals surface area (Å²) in [5.74, 6) is 0.689. The van der Waals surface area contributed by atoms with E-state index < -0.39 is 6.10 Å². The molecule has 1 atom stereocenters. The van der Waals surface area contributed by atoms with E-state index in [4.69, 9.17) is 16.3 Å². The number of aliphatic hydroxyl groups is 1. The molecule has 0 radical (unpaired) electrons. The number of hydrogen-bond donors (Lipinski definition) is 2. The van der Waals surface area contributed by atoms with Crippen LogP contribution in [0.1, 0.15) is 30.6 Å². The van der Waals surface area contributed by atoms with Gasteiger partial charge in [-0.05, 0) is 48.9 Å². The van der Waals surface area contributed by atoms with Gasteiger partial charge in [-0.1, -0.05) is 46.6 Å². The van der Waals surface area contributed by atoms with Crippen LogP contribution in [0.2, 0.25) is 5.02 Å². The van der Waals surface area contributed by atoms with Gasteiger partial charge in [-0.15, -0.1) is 0 Å². The molecular weight excluding hydrogens is 378 g/mol. The van der Waals surface area contributed by atoms with E-state index in [0.29, 0.717) is 23.9 Å². The van der Waals surface area contributed by atoms with Crippen LogP contribution in [0.15, 0.2) is 46.9 Å². The number of benzene rings is 2. The van der Waals surface area contributed by atoms with Gasteiger partial charge >= 0.3 is 0 Å². The Morgan fingerprint density at radius 3 is 2.65 bits per heavy atom. The first-order valence-electron chi connectivity index (χ1n) is 7.65. The Bertz CT molecular complexity index is 619. The summed E-state index contributed by atoms with van der Waals surface area (Å²) in [4.78, 5) is 0. The predicted molar refractivity (Wildman–Crippen MR) is 98.0 cm³/mol. The standard InChI is InChI=1S/C18H21BrClNO2/c1-2-9-21-11-17(22)16-10-14(19)5-8-18(16)23-12-13-3-6-15(20)7-4-13/h3-8,10,17,21-22H,2,9,11-12H2,1H3. The Morgan fingerprint density at radius 2 is 1.96 bits per heavy atom. The third kappa shape index (κ3) is 5.81. The monoisotopic (exact) mass is 397 g/mol. The van der Waals surface area contributed by atoms with Crippen LogP contribution in [-0.4, -0.2) is 18.2 Å². The molecule has 0 amide bonds. The number of rotatable bonds is 8. The molecule has 23 heavy (non-hydrogen) atoms. The number of hydrogen-bond acceptors (Lipinski definition) is 3. The van der Waals surface area contributed by atoms with Gasteiger partial charge in [0.15, 0.2) is 0 Å². The van der Waals surface area contributed by atoms with E-state index >= 15 is 0 Å². The van der Waals surface area contributed by atoms with E-state index in [2.05, 4.69) is 28.2 Å². The van der Waals surface area contributed by atoms with Crippen molar-refractivity contribution in [3.8, 4) is 5.75 Å². The molecule has 2 aromatic carbocycles. The van der Waals surface area contributed by atoms with Gasteiger partial charge in [0.05, 0.1) is 6.10 Å². The Hall–Kier alpha value is -1.07. The van der Waals surface area contributed by atoms with E-state index in [1.807, 2.05) is 42.5 Å². The number of ether oxygens (including phenoxy) is 1. The highest BCUT2D eigenvalue weighted by Crippen LogP contribution is 2.29. The van der Waals surface area contributed by atoms with Gasteiger partial charge in [0.25, 0.3) is 0 Å². The van der Waals surface area contributed by atoms with Crippen molar-refractivity contribution in [1.82, 2.24) is 5.32 Å². The quantitative estimate of drug-likeness (QED) is 0.633. The van der Waals surface area contributed by atoms with E-state index in [1.165, 1.54) is 0 Å². The van der Waals surface area contributed by atoms with E-state index in [0.717, 1.165) is 28.6 Å². The lowest BCUT2D eigenvalue weighted by atomic mass is 10.1. The fraction of sp³-hybridized carbons (Fsp3) is 0.333. The highest BCUT2D eigenvalue weighted by molar-refractivity contribution is 9.10. The van der Waals surface area contributed by atoms with Crippen LogP contribution in [0.25, 0.3) is 0 Å². The molecule has 0 spiro atoms. The summed E-state index contributed by atoms with van der Waals surface area (Å²) in [5.41, 5.74) is 1.80. The smallest absolute Gasteiger partial charge is 0.125 e. The summed E-state index contributed by atoms with van der Waals surface area (Å²) in [5, 5.41) is 14.3. The fourth-order valence-electron chi connectivity index (χ4n) is 2.18. The molecule has 1 unspecified atom stereocenters. The van der Waals surface area contributed by atoms with Crippen molar-refractivity contribution < 1.29 is 9.84 Å². The van der Waals surface area contributed by atoms with Crippen LogP contribution in [0.4, 0.5) is 0 Å². The summed E-state index contributed by atoms with van der Waals surface area (Å²) in [7, 11) is 0. The number of halogens is 2. The minimum Gasteiger partial charge on any atom is -0.489 e. The summed E-state index contributed by atoms with van der Waals surface area (Å²) in [6.45, 7) is 3.91.